The topological polar surface area (TPSA) is 84.9 Å². The molecule has 31 heavy (non-hydrogen) atoms. The normalized spacial score (nSPS) is 12.0. The van der Waals surface area contributed by atoms with Gasteiger partial charge in [-0.05, 0) is 44.2 Å². The Bertz CT molecular complexity index is 1030. The van der Waals surface area contributed by atoms with Crippen LogP contribution in [-0.2, 0) is 21.0 Å². The number of carbonyl (C=O) groups is 1. The number of likely N-dealkylation sites (N-methyl/N-ethyl adjacent to an activating group) is 1. The monoisotopic (exact) mass is 460 g/mol. The molecule has 0 aliphatic rings. The molecule has 2 aromatic rings. The first-order chi connectivity index (χ1) is 14.5. The SMILES string of the molecule is CCOc1ccc(NC(=O)CN(C)S(=O)(=O)c2cccc(C(F)(F)F)c2)cc1OCC. The maximum atomic E-state index is 12.9. The summed E-state index contributed by atoms with van der Waals surface area (Å²) in [5.74, 6) is 0.225. The van der Waals surface area contributed by atoms with Crippen molar-refractivity contribution in [1.29, 1.82) is 0 Å². The largest absolute Gasteiger partial charge is 0.490 e. The van der Waals surface area contributed by atoms with Gasteiger partial charge in [-0.25, -0.2) is 8.42 Å². The number of benzene rings is 2. The Hall–Kier alpha value is -2.79. The van der Waals surface area contributed by atoms with Gasteiger partial charge in [-0.1, -0.05) is 6.07 Å². The Morgan fingerprint density at radius 2 is 1.68 bits per heavy atom. The van der Waals surface area contributed by atoms with E-state index in [0.29, 0.717) is 40.8 Å². The number of hydrogen-bond donors (Lipinski definition) is 1. The molecule has 0 saturated heterocycles. The number of anilines is 1. The molecule has 1 N–H and O–H groups in total. The number of nitrogens with zero attached hydrogens (tertiary/aromatic N) is 1. The molecule has 0 radical (unpaired) electrons. The summed E-state index contributed by atoms with van der Waals surface area (Å²) < 4.78 is 75.4. The standard InChI is InChI=1S/C20H23F3N2O5S/c1-4-29-17-10-9-15(12-18(17)30-5-2)24-19(26)13-25(3)31(27,28)16-8-6-7-14(11-16)20(21,22)23/h6-12H,4-5,13H2,1-3H3,(H,24,26). The first-order valence-corrected chi connectivity index (χ1v) is 10.8. The Balaban J connectivity index is 2.14. The van der Waals surface area contributed by atoms with Crippen LogP contribution in [0.3, 0.4) is 0 Å². The van der Waals surface area contributed by atoms with Gasteiger partial charge in [0.2, 0.25) is 15.9 Å². The predicted octanol–water partition coefficient (Wildman–Crippen LogP) is 3.76. The molecule has 0 aliphatic carbocycles. The molecule has 0 saturated carbocycles. The average Bonchev–Trinajstić information content (AvgIpc) is 2.69. The first kappa shape index (κ1) is 24.5. The molecule has 0 atom stereocenters. The summed E-state index contributed by atoms with van der Waals surface area (Å²) in [4.78, 5) is 11.8. The molecule has 2 rings (SSSR count). The lowest BCUT2D eigenvalue weighted by Gasteiger charge is -2.18. The number of amides is 1. The zero-order valence-corrected chi connectivity index (χ0v) is 18.0. The van der Waals surface area contributed by atoms with Crippen molar-refractivity contribution in [3.05, 3.63) is 48.0 Å². The van der Waals surface area contributed by atoms with Crippen molar-refractivity contribution in [3.8, 4) is 11.5 Å². The molecule has 0 unspecified atom stereocenters. The van der Waals surface area contributed by atoms with Crippen LogP contribution < -0.4 is 14.8 Å². The minimum absolute atomic E-state index is 0.349. The molecular formula is C20H23F3N2O5S. The number of sulfonamides is 1. The maximum Gasteiger partial charge on any atom is 0.416 e. The van der Waals surface area contributed by atoms with Crippen LogP contribution in [-0.4, -0.2) is 45.4 Å². The lowest BCUT2D eigenvalue weighted by Crippen LogP contribution is -2.35. The summed E-state index contributed by atoms with van der Waals surface area (Å²) in [6.07, 6.45) is -4.69. The molecule has 0 heterocycles. The van der Waals surface area contributed by atoms with Gasteiger partial charge in [-0.3, -0.25) is 4.79 Å². The number of carbonyl (C=O) groups excluding carboxylic acids is 1. The van der Waals surface area contributed by atoms with E-state index in [0.717, 1.165) is 25.2 Å². The number of rotatable bonds is 9. The number of ether oxygens (including phenoxy) is 2. The van der Waals surface area contributed by atoms with Crippen LogP contribution in [0, 0.1) is 0 Å². The van der Waals surface area contributed by atoms with Gasteiger partial charge in [-0.2, -0.15) is 17.5 Å². The van der Waals surface area contributed by atoms with Gasteiger partial charge in [0.25, 0.3) is 0 Å². The van der Waals surface area contributed by atoms with Crippen LogP contribution >= 0.6 is 0 Å². The molecule has 0 aliphatic heterocycles. The van der Waals surface area contributed by atoms with Crippen molar-refractivity contribution in [2.75, 3.05) is 32.1 Å². The van der Waals surface area contributed by atoms with E-state index in [2.05, 4.69) is 5.32 Å². The summed E-state index contributed by atoms with van der Waals surface area (Å²) in [6, 6.07) is 8.05. The summed E-state index contributed by atoms with van der Waals surface area (Å²) >= 11 is 0. The molecule has 2 aromatic carbocycles. The van der Waals surface area contributed by atoms with E-state index >= 15 is 0 Å². The number of nitrogens with one attached hydrogen (secondary N) is 1. The van der Waals surface area contributed by atoms with E-state index in [1.165, 1.54) is 6.07 Å². The quantitative estimate of drug-likeness (QED) is 0.616. The van der Waals surface area contributed by atoms with Crippen LogP contribution in [0.15, 0.2) is 47.4 Å². The van der Waals surface area contributed by atoms with Gasteiger partial charge in [0.1, 0.15) is 0 Å². The fourth-order valence-corrected chi connectivity index (χ4v) is 3.80. The van der Waals surface area contributed by atoms with Crippen LogP contribution in [0.1, 0.15) is 19.4 Å². The predicted molar refractivity (Wildman–Crippen MR) is 109 cm³/mol. The van der Waals surface area contributed by atoms with Crippen molar-refractivity contribution in [3.63, 3.8) is 0 Å². The molecule has 0 fully saturated rings. The Kier molecular flexibility index (Phi) is 7.91. The summed E-state index contributed by atoms with van der Waals surface area (Å²) in [5, 5.41) is 2.54. The lowest BCUT2D eigenvalue weighted by atomic mass is 10.2. The minimum Gasteiger partial charge on any atom is -0.490 e. The van der Waals surface area contributed by atoms with E-state index in [1.807, 2.05) is 6.92 Å². The molecular weight excluding hydrogens is 437 g/mol. The van der Waals surface area contributed by atoms with Gasteiger partial charge in [0.15, 0.2) is 11.5 Å². The highest BCUT2D eigenvalue weighted by molar-refractivity contribution is 7.89. The second-order valence-corrected chi connectivity index (χ2v) is 8.41. The van der Waals surface area contributed by atoms with E-state index < -0.39 is 39.1 Å². The third kappa shape index (κ3) is 6.34. The lowest BCUT2D eigenvalue weighted by molar-refractivity contribution is -0.137. The van der Waals surface area contributed by atoms with Crippen LogP contribution in [0.4, 0.5) is 18.9 Å². The van der Waals surface area contributed by atoms with Gasteiger partial charge in [-0.15, -0.1) is 0 Å². The van der Waals surface area contributed by atoms with Crippen LogP contribution in [0.25, 0.3) is 0 Å². The van der Waals surface area contributed by atoms with E-state index in [1.54, 1.807) is 19.1 Å². The second-order valence-electron chi connectivity index (χ2n) is 6.36. The van der Waals surface area contributed by atoms with Crippen molar-refractivity contribution in [2.24, 2.45) is 0 Å². The second kappa shape index (κ2) is 10.0. The Morgan fingerprint density at radius 1 is 1.03 bits per heavy atom. The molecule has 1 amide bonds. The minimum atomic E-state index is -4.69. The number of hydrogen-bond acceptors (Lipinski definition) is 5. The molecule has 0 spiro atoms. The van der Waals surface area contributed by atoms with Crippen LogP contribution in [0.2, 0.25) is 0 Å². The molecule has 0 aromatic heterocycles. The first-order valence-electron chi connectivity index (χ1n) is 9.32. The fourth-order valence-electron chi connectivity index (χ4n) is 2.63. The van der Waals surface area contributed by atoms with Crippen molar-refractivity contribution >= 4 is 21.6 Å². The molecule has 11 heteroatoms. The zero-order valence-electron chi connectivity index (χ0n) is 17.2. The van der Waals surface area contributed by atoms with Gasteiger partial charge >= 0.3 is 6.18 Å². The number of halogens is 3. The summed E-state index contributed by atoms with van der Waals surface area (Å²) in [6.45, 7) is 3.79. The van der Waals surface area contributed by atoms with Gasteiger partial charge in [0, 0.05) is 18.8 Å². The van der Waals surface area contributed by atoms with E-state index in [9.17, 15) is 26.4 Å². The average molecular weight is 460 g/mol. The highest BCUT2D eigenvalue weighted by Crippen LogP contribution is 2.32. The molecule has 7 nitrogen and oxygen atoms in total. The zero-order chi connectivity index (χ0) is 23.2. The maximum absolute atomic E-state index is 12.9. The smallest absolute Gasteiger partial charge is 0.416 e. The highest BCUT2D eigenvalue weighted by Gasteiger charge is 2.32. The van der Waals surface area contributed by atoms with Gasteiger partial charge < -0.3 is 14.8 Å². The fraction of sp³-hybridized carbons (Fsp3) is 0.350. The Morgan fingerprint density at radius 3 is 2.29 bits per heavy atom. The third-order valence-electron chi connectivity index (χ3n) is 4.06. The van der Waals surface area contributed by atoms with Gasteiger partial charge in [0.05, 0.1) is 30.2 Å². The summed E-state index contributed by atoms with van der Waals surface area (Å²) in [5.41, 5.74) is -0.744. The highest BCUT2D eigenvalue weighted by atomic mass is 32.2. The molecule has 0 bridgehead atoms. The molecule has 170 valence electrons. The third-order valence-corrected chi connectivity index (χ3v) is 5.86. The Labute approximate surface area is 178 Å². The van der Waals surface area contributed by atoms with E-state index in [-0.39, 0.29) is 0 Å². The van der Waals surface area contributed by atoms with Crippen molar-refractivity contribution in [1.82, 2.24) is 4.31 Å². The van der Waals surface area contributed by atoms with Crippen LogP contribution in [0.5, 0.6) is 11.5 Å². The summed E-state index contributed by atoms with van der Waals surface area (Å²) in [7, 11) is -3.20. The number of alkyl halides is 3. The van der Waals surface area contributed by atoms with E-state index in [4.69, 9.17) is 9.47 Å². The van der Waals surface area contributed by atoms with Crippen molar-refractivity contribution < 1.29 is 35.9 Å². The van der Waals surface area contributed by atoms with Crippen molar-refractivity contribution in [2.45, 2.75) is 24.9 Å².